The third kappa shape index (κ3) is 4.66. The van der Waals surface area contributed by atoms with E-state index in [-0.39, 0.29) is 5.60 Å². The molecular formula is C12H17ClO3S. The Morgan fingerprint density at radius 3 is 2.35 bits per heavy atom. The van der Waals surface area contributed by atoms with Crippen molar-refractivity contribution in [3.8, 4) is 5.75 Å². The monoisotopic (exact) mass is 276 g/mol. The van der Waals surface area contributed by atoms with Crippen LogP contribution >= 0.6 is 11.6 Å². The van der Waals surface area contributed by atoms with Crippen LogP contribution in [0.15, 0.2) is 29.2 Å². The predicted octanol–water partition coefficient (Wildman–Crippen LogP) is 3.14. The molecule has 1 unspecified atom stereocenters. The third-order valence-corrected chi connectivity index (χ3v) is 3.41. The van der Waals surface area contributed by atoms with Gasteiger partial charge in [0, 0.05) is 12.3 Å². The number of benzene rings is 1. The predicted molar refractivity (Wildman–Crippen MR) is 69.9 cm³/mol. The maximum absolute atomic E-state index is 11.3. The summed E-state index contributed by atoms with van der Waals surface area (Å²) in [5.74, 6) is 1.29. The van der Waals surface area contributed by atoms with Crippen LogP contribution in [0.5, 0.6) is 5.75 Å². The highest BCUT2D eigenvalue weighted by atomic mass is 35.5. The molecule has 1 aromatic rings. The molecule has 1 rings (SSSR count). The average Bonchev–Trinajstić information content (AvgIpc) is 2.28. The number of ether oxygens (including phenoxy) is 1. The Hall–Kier alpha value is -0.580. The molecule has 0 aliphatic heterocycles. The Kier molecular flexibility index (Phi) is 5.43. The van der Waals surface area contributed by atoms with E-state index in [1.807, 2.05) is 13.8 Å². The summed E-state index contributed by atoms with van der Waals surface area (Å²) in [5.41, 5.74) is -0.302. The molecular weight excluding hydrogens is 260 g/mol. The minimum Gasteiger partial charge on any atom is -0.488 e. The lowest BCUT2D eigenvalue weighted by Gasteiger charge is -2.25. The molecule has 3 nitrogen and oxygen atoms in total. The molecule has 96 valence electrons. The molecule has 0 saturated carbocycles. The fourth-order valence-corrected chi connectivity index (χ4v) is 2.32. The summed E-state index contributed by atoms with van der Waals surface area (Å²) in [6.45, 7) is 3.97. The smallest absolute Gasteiger partial charge is 0.188 e. The van der Waals surface area contributed by atoms with Gasteiger partial charge in [0.15, 0.2) is 11.1 Å². The normalized spacial score (nSPS) is 13.4. The van der Waals surface area contributed by atoms with E-state index in [0.29, 0.717) is 10.8 Å². The molecule has 0 fully saturated rings. The molecule has 0 heterocycles. The molecule has 0 aliphatic rings. The molecule has 0 radical (unpaired) electrons. The zero-order valence-electron chi connectivity index (χ0n) is 10.2. The second-order valence-corrected chi connectivity index (χ2v) is 5.83. The van der Waals surface area contributed by atoms with E-state index in [9.17, 15) is 4.21 Å². The zero-order valence-corrected chi connectivity index (χ0v) is 11.8. The van der Waals surface area contributed by atoms with Crippen LogP contribution in [-0.4, -0.2) is 22.8 Å². The van der Waals surface area contributed by atoms with Crippen molar-refractivity contribution in [2.75, 3.05) is 13.0 Å². The van der Waals surface area contributed by atoms with Crippen molar-refractivity contribution < 1.29 is 13.1 Å². The Morgan fingerprint density at radius 1 is 1.29 bits per heavy atom. The van der Waals surface area contributed by atoms with Crippen LogP contribution in [0.1, 0.15) is 20.3 Å². The van der Waals surface area contributed by atoms with Gasteiger partial charge < -0.3 is 4.74 Å². The number of alkyl halides is 1. The lowest BCUT2D eigenvalue weighted by molar-refractivity contribution is 0.106. The van der Waals surface area contributed by atoms with Crippen molar-refractivity contribution in [3.63, 3.8) is 0 Å². The van der Waals surface area contributed by atoms with Gasteiger partial charge >= 0.3 is 0 Å². The molecule has 0 spiro atoms. The Balaban J connectivity index is 2.71. The Labute approximate surface area is 110 Å². The molecule has 0 amide bonds. The molecule has 0 N–H and O–H groups in total. The minimum absolute atomic E-state index is 0.302. The van der Waals surface area contributed by atoms with Crippen molar-refractivity contribution in [1.29, 1.82) is 0 Å². The van der Waals surface area contributed by atoms with Gasteiger partial charge in [-0.05, 0) is 38.1 Å². The highest BCUT2D eigenvalue weighted by molar-refractivity contribution is 7.80. The van der Waals surface area contributed by atoms with Crippen LogP contribution in [0, 0.1) is 0 Å². The number of halogens is 1. The molecule has 0 saturated heterocycles. The van der Waals surface area contributed by atoms with Crippen molar-refractivity contribution in [3.05, 3.63) is 24.3 Å². The first-order valence-corrected chi connectivity index (χ1v) is 6.91. The number of rotatable bonds is 6. The fraction of sp³-hybridized carbons (Fsp3) is 0.500. The fourth-order valence-electron chi connectivity index (χ4n) is 1.31. The standard InChI is InChI=1S/C12H17ClO3S/c1-12(2,8-9-13)16-10-4-6-11(7-5-10)17(14)15-3/h4-7H,8-9H2,1-3H3. The van der Waals surface area contributed by atoms with E-state index in [2.05, 4.69) is 0 Å². The maximum Gasteiger partial charge on any atom is 0.188 e. The summed E-state index contributed by atoms with van der Waals surface area (Å²) < 4.78 is 21.9. The molecule has 1 atom stereocenters. The largest absolute Gasteiger partial charge is 0.488 e. The van der Waals surface area contributed by atoms with Crippen LogP contribution in [0.25, 0.3) is 0 Å². The lowest BCUT2D eigenvalue weighted by Crippen LogP contribution is -2.28. The second-order valence-electron chi connectivity index (χ2n) is 4.17. The van der Waals surface area contributed by atoms with Gasteiger partial charge in [-0.15, -0.1) is 11.6 Å². The van der Waals surface area contributed by atoms with Gasteiger partial charge in [-0.3, -0.25) is 4.18 Å². The lowest BCUT2D eigenvalue weighted by atomic mass is 10.1. The summed E-state index contributed by atoms with van der Waals surface area (Å²) in [6.07, 6.45) is 0.764. The summed E-state index contributed by atoms with van der Waals surface area (Å²) in [6, 6.07) is 7.02. The summed E-state index contributed by atoms with van der Waals surface area (Å²) in [5, 5.41) is 0. The van der Waals surface area contributed by atoms with Gasteiger partial charge in [0.05, 0.1) is 12.0 Å². The molecule has 0 aromatic heterocycles. The SMILES string of the molecule is COS(=O)c1ccc(OC(C)(C)CCCl)cc1. The van der Waals surface area contributed by atoms with E-state index in [1.165, 1.54) is 7.11 Å². The first kappa shape index (κ1) is 14.5. The van der Waals surface area contributed by atoms with Gasteiger partial charge in [0.25, 0.3) is 0 Å². The van der Waals surface area contributed by atoms with Crippen LogP contribution < -0.4 is 4.74 Å². The van der Waals surface area contributed by atoms with Gasteiger partial charge in [-0.2, -0.15) is 0 Å². The second kappa shape index (κ2) is 6.38. The minimum atomic E-state index is -1.40. The van der Waals surface area contributed by atoms with Crippen LogP contribution in [0.4, 0.5) is 0 Å². The van der Waals surface area contributed by atoms with Crippen LogP contribution in [0.2, 0.25) is 0 Å². The van der Waals surface area contributed by atoms with Gasteiger partial charge in [0.1, 0.15) is 11.4 Å². The first-order valence-electron chi connectivity index (χ1n) is 5.30. The average molecular weight is 277 g/mol. The number of hydrogen-bond acceptors (Lipinski definition) is 3. The van der Waals surface area contributed by atoms with Crippen molar-refractivity contribution in [2.45, 2.75) is 30.8 Å². The zero-order chi connectivity index (χ0) is 12.9. The topological polar surface area (TPSA) is 35.5 Å². The molecule has 17 heavy (non-hydrogen) atoms. The van der Waals surface area contributed by atoms with Crippen molar-refractivity contribution >= 4 is 22.7 Å². The van der Waals surface area contributed by atoms with Gasteiger partial charge in [-0.1, -0.05) is 0 Å². The maximum atomic E-state index is 11.3. The molecule has 1 aromatic carbocycles. The van der Waals surface area contributed by atoms with E-state index in [0.717, 1.165) is 12.2 Å². The quantitative estimate of drug-likeness (QED) is 0.749. The highest BCUT2D eigenvalue weighted by Crippen LogP contribution is 2.22. The van der Waals surface area contributed by atoms with Crippen molar-refractivity contribution in [2.24, 2.45) is 0 Å². The molecule has 0 bridgehead atoms. The Bertz CT molecular complexity index is 376. The summed E-state index contributed by atoms with van der Waals surface area (Å²) >= 11 is 4.30. The summed E-state index contributed by atoms with van der Waals surface area (Å²) in [7, 11) is 1.41. The van der Waals surface area contributed by atoms with Crippen LogP contribution in [0.3, 0.4) is 0 Å². The van der Waals surface area contributed by atoms with Crippen molar-refractivity contribution in [1.82, 2.24) is 0 Å². The first-order chi connectivity index (χ1) is 7.98. The molecule has 0 aliphatic carbocycles. The van der Waals surface area contributed by atoms with Gasteiger partial charge in [0.2, 0.25) is 0 Å². The van der Waals surface area contributed by atoms with Gasteiger partial charge in [-0.25, -0.2) is 4.21 Å². The van der Waals surface area contributed by atoms with E-state index in [4.69, 9.17) is 20.5 Å². The van der Waals surface area contributed by atoms with E-state index < -0.39 is 11.1 Å². The van der Waals surface area contributed by atoms with E-state index >= 15 is 0 Å². The van der Waals surface area contributed by atoms with E-state index in [1.54, 1.807) is 24.3 Å². The molecule has 5 heteroatoms. The summed E-state index contributed by atoms with van der Waals surface area (Å²) in [4.78, 5) is 0.620. The van der Waals surface area contributed by atoms with Crippen LogP contribution in [-0.2, 0) is 15.3 Å². The number of hydrogen-bond donors (Lipinski definition) is 0. The highest BCUT2D eigenvalue weighted by Gasteiger charge is 2.18. The third-order valence-electron chi connectivity index (χ3n) is 2.26. The Morgan fingerprint density at radius 2 is 1.88 bits per heavy atom.